The van der Waals surface area contributed by atoms with Crippen LogP contribution in [0.1, 0.15) is 5.69 Å². The average molecular weight is 274 g/mol. The first-order chi connectivity index (χ1) is 9.15. The first-order valence-corrected chi connectivity index (χ1v) is 6.70. The van der Waals surface area contributed by atoms with Crippen LogP contribution in [-0.4, -0.2) is 21.6 Å². The number of nitrogens with one attached hydrogen (secondary N) is 1. The van der Waals surface area contributed by atoms with E-state index in [1.54, 1.807) is 18.3 Å². The first kappa shape index (κ1) is 13.4. The number of anilines is 2. The summed E-state index contributed by atoms with van der Waals surface area (Å²) >= 11 is 1.29. The van der Waals surface area contributed by atoms with Crippen LogP contribution in [0.15, 0.2) is 41.7 Å². The van der Waals surface area contributed by atoms with E-state index < -0.39 is 0 Å². The molecule has 19 heavy (non-hydrogen) atoms. The summed E-state index contributed by atoms with van der Waals surface area (Å²) in [4.78, 5) is 20.1. The van der Waals surface area contributed by atoms with E-state index in [9.17, 15) is 4.79 Å². The molecular formula is C13H14N4OS. The normalized spacial score (nSPS) is 10.2. The van der Waals surface area contributed by atoms with Gasteiger partial charge in [-0.15, -0.1) is 0 Å². The Bertz CT molecular complexity index is 588. The van der Waals surface area contributed by atoms with Gasteiger partial charge in [0.2, 0.25) is 5.91 Å². The number of hydrogen-bond acceptors (Lipinski definition) is 5. The molecule has 0 saturated heterocycles. The fraction of sp³-hybridized carbons (Fsp3) is 0.154. The van der Waals surface area contributed by atoms with Gasteiger partial charge in [0.15, 0.2) is 5.16 Å². The van der Waals surface area contributed by atoms with Crippen LogP contribution in [0, 0.1) is 6.92 Å². The Morgan fingerprint density at radius 3 is 2.89 bits per heavy atom. The van der Waals surface area contributed by atoms with Crippen molar-refractivity contribution in [2.24, 2.45) is 0 Å². The molecule has 0 fully saturated rings. The van der Waals surface area contributed by atoms with Crippen LogP contribution in [-0.2, 0) is 4.79 Å². The number of thioether (sulfide) groups is 1. The number of hydrogen-bond donors (Lipinski definition) is 2. The minimum Gasteiger partial charge on any atom is -0.397 e. The second-order valence-corrected chi connectivity index (χ2v) is 4.85. The number of para-hydroxylation sites is 2. The van der Waals surface area contributed by atoms with E-state index in [2.05, 4.69) is 15.3 Å². The number of nitrogens with zero attached hydrogens (tertiary/aromatic N) is 2. The summed E-state index contributed by atoms with van der Waals surface area (Å²) in [5.74, 6) is 0.116. The van der Waals surface area contributed by atoms with Crippen LogP contribution < -0.4 is 11.1 Å². The predicted molar refractivity (Wildman–Crippen MR) is 77.0 cm³/mol. The van der Waals surface area contributed by atoms with Gasteiger partial charge in [-0.05, 0) is 25.1 Å². The predicted octanol–water partition coefficient (Wildman–Crippen LogP) is 2.10. The van der Waals surface area contributed by atoms with Crippen LogP contribution in [0.4, 0.5) is 11.4 Å². The number of carbonyl (C=O) groups excluding carboxylic acids is 1. The van der Waals surface area contributed by atoms with Crippen molar-refractivity contribution < 1.29 is 4.79 Å². The third-order valence-electron chi connectivity index (χ3n) is 2.34. The van der Waals surface area contributed by atoms with Gasteiger partial charge in [-0.2, -0.15) is 0 Å². The number of aryl methyl sites for hydroxylation is 1. The fourth-order valence-electron chi connectivity index (χ4n) is 1.42. The standard InChI is InChI=1S/C13H14N4OS/c1-9-6-7-15-13(16-9)19-8-12(18)17-11-5-3-2-4-10(11)14/h2-7H,8,14H2,1H3,(H,17,18). The number of benzene rings is 1. The highest BCUT2D eigenvalue weighted by atomic mass is 32.2. The van der Waals surface area contributed by atoms with Crippen molar-refractivity contribution in [2.45, 2.75) is 12.1 Å². The maximum absolute atomic E-state index is 11.8. The van der Waals surface area contributed by atoms with E-state index in [-0.39, 0.29) is 11.7 Å². The van der Waals surface area contributed by atoms with Crippen molar-refractivity contribution in [1.29, 1.82) is 0 Å². The molecule has 0 saturated carbocycles. The Morgan fingerprint density at radius 1 is 1.37 bits per heavy atom. The summed E-state index contributed by atoms with van der Waals surface area (Å²) in [6.45, 7) is 1.89. The second kappa shape index (κ2) is 6.19. The first-order valence-electron chi connectivity index (χ1n) is 5.72. The highest BCUT2D eigenvalue weighted by molar-refractivity contribution is 7.99. The molecule has 3 N–H and O–H groups in total. The van der Waals surface area contributed by atoms with Crippen molar-refractivity contribution >= 4 is 29.0 Å². The molecule has 2 aromatic rings. The quantitative estimate of drug-likeness (QED) is 0.507. The van der Waals surface area contributed by atoms with Crippen molar-refractivity contribution in [3.63, 3.8) is 0 Å². The number of amides is 1. The summed E-state index contributed by atoms with van der Waals surface area (Å²) in [5, 5.41) is 3.35. The van der Waals surface area contributed by atoms with Crippen LogP contribution in [0.5, 0.6) is 0 Å². The van der Waals surface area contributed by atoms with Gasteiger partial charge in [0, 0.05) is 11.9 Å². The third kappa shape index (κ3) is 3.96. The van der Waals surface area contributed by atoms with E-state index in [1.165, 1.54) is 11.8 Å². The minimum absolute atomic E-state index is 0.131. The molecule has 0 aliphatic heterocycles. The summed E-state index contributed by atoms with van der Waals surface area (Å²) in [7, 11) is 0. The molecule has 5 nitrogen and oxygen atoms in total. The number of nitrogen functional groups attached to an aromatic ring is 1. The molecule has 1 aromatic carbocycles. The molecule has 0 unspecified atom stereocenters. The minimum atomic E-state index is -0.131. The Hall–Kier alpha value is -2.08. The molecule has 6 heteroatoms. The van der Waals surface area contributed by atoms with E-state index in [0.29, 0.717) is 16.5 Å². The molecule has 1 heterocycles. The lowest BCUT2D eigenvalue weighted by atomic mass is 10.3. The van der Waals surface area contributed by atoms with Crippen molar-refractivity contribution in [3.05, 3.63) is 42.2 Å². The zero-order valence-corrected chi connectivity index (χ0v) is 11.3. The molecule has 0 radical (unpaired) electrons. The number of rotatable bonds is 4. The summed E-state index contributed by atoms with van der Waals surface area (Å²) in [6, 6.07) is 8.96. The molecular weight excluding hydrogens is 260 g/mol. The maximum Gasteiger partial charge on any atom is 0.234 e. The smallest absolute Gasteiger partial charge is 0.234 e. The molecule has 98 valence electrons. The highest BCUT2D eigenvalue weighted by Gasteiger charge is 2.07. The Kier molecular flexibility index (Phi) is 4.35. The Morgan fingerprint density at radius 2 is 2.16 bits per heavy atom. The number of aromatic nitrogens is 2. The Balaban J connectivity index is 1.90. The molecule has 0 aliphatic carbocycles. The molecule has 1 amide bonds. The lowest BCUT2D eigenvalue weighted by Gasteiger charge is -2.07. The van der Waals surface area contributed by atoms with E-state index in [1.807, 2.05) is 25.1 Å². The topological polar surface area (TPSA) is 80.9 Å². The van der Waals surface area contributed by atoms with Crippen molar-refractivity contribution in [3.8, 4) is 0 Å². The van der Waals surface area contributed by atoms with E-state index >= 15 is 0 Å². The summed E-state index contributed by atoms with van der Waals surface area (Å²) in [6.07, 6.45) is 1.68. The van der Waals surface area contributed by atoms with Gasteiger partial charge < -0.3 is 11.1 Å². The Labute approximate surface area is 115 Å². The van der Waals surface area contributed by atoms with Crippen molar-refractivity contribution in [2.75, 3.05) is 16.8 Å². The summed E-state index contributed by atoms with van der Waals surface area (Å²) < 4.78 is 0. The van der Waals surface area contributed by atoms with Gasteiger partial charge in [-0.3, -0.25) is 4.79 Å². The van der Waals surface area contributed by atoms with Crippen LogP contribution >= 0.6 is 11.8 Å². The molecule has 0 aliphatic rings. The molecule has 0 atom stereocenters. The van der Waals surface area contributed by atoms with Gasteiger partial charge in [-0.1, -0.05) is 23.9 Å². The van der Waals surface area contributed by atoms with Crippen molar-refractivity contribution in [1.82, 2.24) is 9.97 Å². The van der Waals surface area contributed by atoms with Crippen LogP contribution in [0.2, 0.25) is 0 Å². The van der Waals surface area contributed by atoms with Gasteiger partial charge >= 0.3 is 0 Å². The fourth-order valence-corrected chi connectivity index (χ4v) is 2.10. The lowest BCUT2D eigenvalue weighted by Crippen LogP contribution is -2.15. The second-order valence-electron chi connectivity index (χ2n) is 3.90. The zero-order valence-electron chi connectivity index (χ0n) is 10.5. The monoisotopic (exact) mass is 274 g/mol. The largest absolute Gasteiger partial charge is 0.397 e. The maximum atomic E-state index is 11.8. The molecule has 2 rings (SSSR count). The summed E-state index contributed by atoms with van der Waals surface area (Å²) in [5.41, 5.74) is 7.80. The van der Waals surface area contributed by atoms with Crippen LogP contribution in [0.25, 0.3) is 0 Å². The van der Waals surface area contributed by atoms with Gasteiger partial charge in [0.25, 0.3) is 0 Å². The van der Waals surface area contributed by atoms with Gasteiger partial charge in [0.05, 0.1) is 17.1 Å². The molecule has 0 bridgehead atoms. The molecule has 0 spiro atoms. The zero-order chi connectivity index (χ0) is 13.7. The van der Waals surface area contributed by atoms with Gasteiger partial charge in [-0.25, -0.2) is 9.97 Å². The van der Waals surface area contributed by atoms with E-state index in [4.69, 9.17) is 5.73 Å². The van der Waals surface area contributed by atoms with Gasteiger partial charge in [0.1, 0.15) is 0 Å². The number of carbonyl (C=O) groups is 1. The van der Waals surface area contributed by atoms with Crippen LogP contribution in [0.3, 0.4) is 0 Å². The molecule has 1 aromatic heterocycles. The SMILES string of the molecule is Cc1ccnc(SCC(=O)Nc2ccccc2N)n1. The average Bonchev–Trinajstić information content (AvgIpc) is 2.39. The lowest BCUT2D eigenvalue weighted by molar-refractivity contribution is -0.113. The number of nitrogens with two attached hydrogens (primary N) is 1. The van der Waals surface area contributed by atoms with E-state index in [0.717, 1.165) is 5.69 Å². The third-order valence-corrected chi connectivity index (χ3v) is 3.20. The highest BCUT2D eigenvalue weighted by Crippen LogP contribution is 2.18.